The number of amides is 1. The number of hydrogen-bond donors (Lipinski definition) is 1. The van der Waals surface area contributed by atoms with Gasteiger partial charge < -0.3 is 9.47 Å². The van der Waals surface area contributed by atoms with Crippen molar-refractivity contribution in [3.8, 4) is 22.8 Å². The molecule has 0 unspecified atom stereocenters. The van der Waals surface area contributed by atoms with Gasteiger partial charge in [-0.15, -0.1) is 11.3 Å². The van der Waals surface area contributed by atoms with Crippen molar-refractivity contribution >= 4 is 70.0 Å². The molecule has 0 bridgehead atoms. The van der Waals surface area contributed by atoms with E-state index in [1.807, 2.05) is 42.6 Å². The first-order valence-corrected chi connectivity index (χ1v) is 14.4. The van der Waals surface area contributed by atoms with Gasteiger partial charge in [-0.25, -0.2) is 10.4 Å². The van der Waals surface area contributed by atoms with Crippen LogP contribution in [0.4, 0.5) is 0 Å². The predicted molar refractivity (Wildman–Crippen MR) is 157 cm³/mol. The van der Waals surface area contributed by atoms with Crippen molar-refractivity contribution in [2.45, 2.75) is 17.9 Å². The van der Waals surface area contributed by atoms with Crippen molar-refractivity contribution in [2.75, 3.05) is 12.4 Å². The fourth-order valence-electron chi connectivity index (χ4n) is 3.23. The first kappa shape index (κ1) is 28.3. The fourth-order valence-corrected chi connectivity index (χ4v) is 5.49. The monoisotopic (exact) mass is 605 g/mol. The molecule has 0 saturated heterocycles. The molecule has 4 aromatic rings. The average molecular weight is 607 g/mol. The number of nitrogens with one attached hydrogen (secondary N) is 1. The van der Waals surface area contributed by atoms with Gasteiger partial charge in [-0.05, 0) is 55.0 Å². The first-order chi connectivity index (χ1) is 18.4. The number of hydrazone groups is 1. The minimum Gasteiger partial charge on any atom is -0.490 e. The molecule has 11 heteroatoms. The molecule has 1 amide bonds. The zero-order valence-electron chi connectivity index (χ0n) is 20.1. The molecule has 0 aliphatic carbocycles. The van der Waals surface area contributed by atoms with Crippen LogP contribution in [-0.2, 0) is 11.4 Å². The van der Waals surface area contributed by atoms with Crippen LogP contribution in [0.1, 0.15) is 18.1 Å². The molecular weight excluding hydrogens is 585 g/mol. The molecule has 0 atom stereocenters. The summed E-state index contributed by atoms with van der Waals surface area (Å²) in [7, 11) is 0. The van der Waals surface area contributed by atoms with Crippen LogP contribution in [-0.4, -0.2) is 29.5 Å². The Morgan fingerprint density at radius 1 is 1.05 bits per heavy atom. The van der Waals surface area contributed by atoms with E-state index in [0.29, 0.717) is 38.7 Å². The van der Waals surface area contributed by atoms with Gasteiger partial charge in [0.05, 0.1) is 24.3 Å². The van der Waals surface area contributed by atoms with Gasteiger partial charge in [0.25, 0.3) is 5.91 Å². The van der Waals surface area contributed by atoms with E-state index in [2.05, 4.69) is 15.5 Å². The standard InChI is InChI=1S/C27H22Cl3N3O3S2/c1-2-35-25-12-17(6-11-24(25)36-14-20-21(29)4-3-5-22(20)30)13-31-33-26(34)16-38-27-32-23(15-37-27)18-7-9-19(28)10-8-18/h3-13,15H,2,14,16H2,1H3,(H,33,34)/b31-13+. The zero-order valence-corrected chi connectivity index (χ0v) is 24.0. The number of aromatic nitrogens is 1. The molecule has 0 aliphatic heterocycles. The average Bonchev–Trinajstić information content (AvgIpc) is 3.38. The Bertz CT molecular complexity index is 1410. The van der Waals surface area contributed by atoms with E-state index in [-0.39, 0.29) is 18.3 Å². The highest BCUT2D eigenvalue weighted by molar-refractivity contribution is 8.01. The van der Waals surface area contributed by atoms with Crippen molar-refractivity contribution in [3.63, 3.8) is 0 Å². The molecule has 4 rings (SSSR count). The highest BCUT2D eigenvalue weighted by Gasteiger charge is 2.11. The summed E-state index contributed by atoms with van der Waals surface area (Å²) in [5.74, 6) is 1.03. The third-order valence-corrected chi connectivity index (χ3v) is 8.04. The molecule has 6 nitrogen and oxygen atoms in total. The molecule has 1 N–H and O–H groups in total. The van der Waals surface area contributed by atoms with Gasteiger partial charge in [-0.3, -0.25) is 4.79 Å². The Kier molecular flexibility index (Phi) is 10.3. The summed E-state index contributed by atoms with van der Waals surface area (Å²) >= 11 is 21.3. The number of benzene rings is 3. The summed E-state index contributed by atoms with van der Waals surface area (Å²) in [6.07, 6.45) is 1.54. The molecular formula is C27H22Cl3N3O3S2. The predicted octanol–water partition coefficient (Wildman–Crippen LogP) is 7.99. The second-order valence-electron chi connectivity index (χ2n) is 7.72. The lowest BCUT2D eigenvalue weighted by Crippen LogP contribution is -2.19. The summed E-state index contributed by atoms with van der Waals surface area (Å²) < 4.78 is 12.4. The third-order valence-electron chi connectivity index (χ3n) is 5.05. The third kappa shape index (κ3) is 7.88. The van der Waals surface area contributed by atoms with Crippen molar-refractivity contribution < 1.29 is 14.3 Å². The van der Waals surface area contributed by atoms with E-state index in [4.69, 9.17) is 44.3 Å². The van der Waals surface area contributed by atoms with Gasteiger partial charge in [0.15, 0.2) is 15.8 Å². The van der Waals surface area contributed by atoms with Crippen molar-refractivity contribution in [3.05, 3.63) is 92.2 Å². The van der Waals surface area contributed by atoms with E-state index in [0.717, 1.165) is 21.2 Å². The summed E-state index contributed by atoms with van der Waals surface area (Å²) in [5.41, 5.74) is 5.79. The van der Waals surface area contributed by atoms with E-state index in [9.17, 15) is 4.79 Å². The van der Waals surface area contributed by atoms with Crippen molar-refractivity contribution in [2.24, 2.45) is 5.10 Å². The number of ether oxygens (including phenoxy) is 2. The SMILES string of the molecule is CCOc1cc(/C=N/NC(=O)CSc2nc(-c3ccc(Cl)cc3)cs2)ccc1OCc1c(Cl)cccc1Cl. The van der Waals surface area contributed by atoms with Gasteiger partial charge >= 0.3 is 0 Å². The minimum absolute atomic E-state index is 0.187. The molecule has 196 valence electrons. The lowest BCUT2D eigenvalue weighted by molar-refractivity contribution is -0.118. The van der Waals surface area contributed by atoms with Crippen LogP contribution in [0.25, 0.3) is 11.3 Å². The van der Waals surface area contributed by atoms with Crippen LogP contribution >= 0.6 is 57.9 Å². The van der Waals surface area contributed by atoms with Gasteiger partial charge in [0.1, 0.15) is 6.61 Å². The Labute approximate surface area is 243 Å². The van der Waals surface area contributed by atoms with E-state index in [1.165, 1.54) is 23.1 Å². The van der Waals surface area contributed by atoms with Crippen LogP contribution < -0.4 is 14.9 Å². The minimum atomic E-state index is -0.240. The molecule has 0 saturated carbocycles. The zero-order chi connectivity index (χ0) is 26.9. The van der Waals surface area contributed by atoms with Crippen LogP contribution in [0.5, 0.6) is 11.5 Å². The maximum atomic E-state index is 12.3. The number of thioether (sulfide) groups is 1. The highest BCUT2D eigenvalue weighted by atomic mass is 35.5. The van der Waals surface area contributed by atoms with Crippen LogP contribution in [0.3, 0.4) is 0 Å². The number of nitrogens with zero attached hydrogens (tertiary/aromatic N) is 2. The quantitative estimate of drug-likeness (QED) is 0.106. The second kappa shape index (κ2) is 13.9. The smallest absolute Gasteiger partial charge is 0.250 e. The summed E-state index contributed by atoms with van der Waals surface area (Å²) in [6.45, 7) is 2.53. The maximum Gasteiger partial charge on any atom is 0.250 e. The lowest BCUT2D eigenvalue weighted by Gasteiger charge is -2.14. The molecule has 38 heavy (non-hydrogen) atoms. The number of thiazole rings is 1. The summed E-state index contributed by atoms with van der Waals surface area (Å²) in [6, 6.07) is 18.1. The number of carbonyl (C=O) groups excluding carboxylic acids is 1. The number of halogens is 3. The number of hydrogen-bond acceptors (Lipinski definition) is 7. The lowest BCUT2D eigenvalue weighted by atomic mass is 10.2. The molecule has 1 heterocycles. The fraction of sp³-hybridized carbons (Fsp3) is 0.148. The normalized spacial score (nSPS) is 11.1. The summed E-state index contributed by atoms with van der Waals surface area (Å²) in [4.78, 5) is 16.8. The van der Waals surface area contributed by atoms with Crippen LogP contribution in [0.15, 0.2) is 75.5 Å². The van der Waals surface area contributed by atoms with E-state index in [1.54, 1.807) is 36.5 Å². The van der Waals surface area contributed by atoms with Gasteiger partial charge in [0.2, 0.25) is 0 Å². The summed E-state index contributed by atoms with van der Waals surface area (Å²) in [5, 5.41) is 7.76. The molecule has 0 spiro atoms. The largest absolute Gasteiger partial charge is 0.490 e. The molecule has 0 fully saturated rings. The molecule has 1 aromatic heterocycles. The van der Waals surface area contributed by atoms with Crippen LogP contribution in [0, 0.1) is 0 Å². The maximum absolute atomic E-state index is 12.3. The Hall–Kier alpha value is -2.75. The van der Waals surface area contributed by atoms with Gasteiger partial charge in [-0.1, -0.05) is 64.8 Å². The highest BCUT2D eigenvalue weighted by Crippen LogP contribution is 2.32. The molecule has 3 aromatic carbocycles. The molecule has 0 radical (unpaired) electrons. The Morgan fingerprint density at radius 3 is 2.55 bits per heavy atom. The van der Waals surface area contributed by atoms with Crippen molar-refractivity contribution in [1.29, 1.82) is 0 Å². The van der Waals surface area contributed by atoms with Crippen LogP contribution in [0.2, 0.25) is 15.1 Å². The topological polar surface area (TPSA) is 72.8 Å². The second-order valence-corrected chi connectivity index (χ2v) is 11.0. The van der Waals surface area contributed by atoms with Crippen molar-refractivity contribution in [1.82, 2.24) is 10.4 Å². The first-order valence-electron chi connectivity index (χ1n) is 11.4. The number of rotatable bonds is 11. The van der Waals surface area contributed by atoms with Gasteiger partial charge in [0, 0.05) is 31.6 Å². The Balaban J connectivity index is 1.30. The molecule has 0 aliphatic rings. The van der Waals surface area contributed by atoms with E-state index >= 15 is 0 Å². The Morgan fingerprint density at radius 2 is 1.82 bits per heavy atom. The number of carbonyl (C=O) groups is 1. The van der Waals surface area contributed by atoms with E-state index < -0.39 is 0 Å². The van der Waals surface area contributed by atoms with Gasteiger partial charge in [-0.2, -0.15) is 5.10 Å².